The van der Waals surface area contributed by atoms with Gasteiger partial charge in [-0.1, -0.05) is 0 Å². The number of rotatable bonds is 4. The maximum atomic E-state index is 13.5. The second kappa shape index (κ2) is 5.80. The standard InChI is InChI=1S/C17H14F2N4O2/c1-25-17-11(3-9(18)7-21-17)14-2-8-6-20-15(5-13(8)22-14)23-16(24)10-4-12(10)19/h2-3,5-7,10,12,22H,4H2,1H3,(H,20,23,24)/t10-,12+/m1/s1. The molecule has 8 heteroatoms. The van der Waals surface area contributed by atoms with E-state index in [0.29, 0.717) is 22.6 Å². The molecule has 4 rings (SSSR count). The average molecular weight is 344 g/mol. The van der Waals surface area contributed by atoms with E-state index in [0.717, 1.165) is 11.6 Å². The van der Waals surface area contributed by atoms with Gasteiger partial charge in [0.25, 0.3) is 0 Å². The number of H-pyrrole nitrogens is 1. The second-order valence-electron chi connectivity index (χ2n) is 5.90. The third-order valence-electron chi connectivity index (χ3n) is 4.11. The van der Waals surface area contributed by atoms with Crippen molar-refractivity contribution in [2.24, 2.45) is 5.92 Å². The Morgan fingerprint density at radius 2 is 2.12 bits per heavy atom. The van der Waals surface area contributed by atoms with E-state index in [1.807, 2.05) is 0 Å². The monoisotopic (exact) mass is 344 g/mol. The van der Waals surface area contributed by atoms with Crippen molar-refractivity contribution in [3.8, 4) is 17.1 Å². The van der Waals surface area contributed by atoms with E-state index in [-0.39, 0.29) is 18.2 Å². The molecule has 1 aliphatic rings. The summed E-state index contributed by atoms with van der Waals surface area (Å²) in [5.41, 5.74) is 1.77. The minimum atomic E-state index is -1.06. The molecular weight excluding hydrogens is 330 g/mol. The van der Waals surface area contributed by atoms with Gasteiger partial charge in [0.1, 0.15) is 17.8 Å². The van der Waals surface area contributed by atoms with Crippen LogP contribution in [-0.2, 0) is 4.79 Å². The molecule has 0 saturated heterocycles. The third-order valence-corrected chi connectivity index (χ3v) is 4.11. The van der Waals surface area contributed by atoms with E-state index in [4.69, 9.17) is 4.74 Å². The number of hydrogen-bond donors (Lipinski definition) is 2. The molecule has 3 aromatic heterocycles. The lowest BCUT2D eigenvalue weighted by Crippen LogP contribution is -2.15. The van der Waals surface area contributed by atoms with Crippen LogP contribution in [0.4, 0.5) is 14.6 Å². The molecule has 0 aliphatic heterocycles. The number of nitrogens with one attached hydrogen (secondary N) is 2. The SMILES string of the molecule is COc1ncc(F)cc1-c1cc2cnc(NC(=O)[C@@H]3C[C@@H]3F)cc2[nH]1. The van der Waals surface area contributed by atoms with Gasteiger partial charge in [0, 0.05) is 17.6 Å². The number of ether oxygens (including phenoxy) is 1. The fourth-order valence-electron chi connectivity index (χ4n) is 2.68. The molecule has 3 heterocycles. The van der Waals surface area contributed by atoms with Gasteiger partial charge in [0.15, 0.2) is 0 Å². The van der Waals surface area contributed by atoms with Crippen LogP contribution in [0.25, 0.3) is 22.2 Å². The van der Waals surface area contributed by atoms with Crippen LogP contribution in [0, 0.1) is 11.7 Å². The van der Waals surface area contributed by atoms with E-state index >= 15 is 0 Å². The van der Waals surface area contributed by atoms with Crippen LogP contribution >= 0.6 is 0 Å². The summed E-state index contributed by atoms with van der Waals surface area (Å²) in [5.74, 6) is -0.821. The number of aromatic amines is 1. The van der Waals surface area contributed by atoms with Gasteiger partial charge in [-0.25, -0.2) is 18.7 Å². The highest BCUT2D eigenvalue weighted by Crippen LogP contribution is 2.35. The van der Waals surface area contributed by atoms with Gasteiger partial charge in [-0.15, -0.1) is 0 Å². The highest BCUT2D eigenvalue weighted by atomic mass is 19.1. The largest absolute Gasteiger partial charge is 0.481 e. The molecule has 25 heavy (non-hydrogen) atoms. The Kier molecular flexibility index (Phi) is 3.60. The maximum absolute atomic E-state index is 13.5. The van der Waals surface area contributed by atoms with Gasteiger partial charge in [-0.3, -0.25) is 4.79 Å². The summed E-state index contributed by atoms with van der Waals surface area (Å²) in [4.78, 5) is 23.0. The molecule has 0 radical (unpaired) electrons. The van der Waals surface area contributed by atoms with Crippen LogP contribution in [0.15, 0.2) is 30.6 Å². The minimum absolute atomic E-state index is 0.257. The zero-order chi connectivity index (χ0) is 17.6. The highest BCUT2D eigenvalue weighted by Gasteiger charge is 2.43. The Morgan fingerprint density at radius 3 is 2.84 bits per heavy atom. The van der Waals surface area contributed by atoms with Crippen molar-refractivity contribution in [2.75, 3.05) is 12.4 Å². The normalized spacial score (nSPS) is 19.0. The van der Waals surface area contributed by atoms with E-state index in [2.05, 4.69) is 20.3 Å². The molecule has 1 saturated carbocycles. The number of carbonyl (C=O) groups is 1. The summed E-state index contributed by atoms with van der Waals surface area (Å²) >= 11 is 0. The molecule has 0 spiro atoms. The quantitative estimate of drug-likeness (QED) is 0.762. The van der Waals surface area contributed by atoms with Crippen LogP contribution in [0.1, 0.15) is 6.42 Å². The molecule has 0 unspecified atom stereocenters. The highest BCUT2D eigenvalue weighted by molar-refractivity contribution is 5.96. The Hall–Kier alpha value is -3.03. The smallest absolute Gasteiger partial charge is 0.231 e. The Labute approximate surface area is 141 Å². The number of pyridine rings is 2. The number of aromatic nitrogens is 3. The van der Waals surface area contributed by atoms with Crippen molar-refractivity contribution in [1.82, 2.24) is 15.0 Å². The van der Waals surface area contributed by atoms with Gasteiger partial charge < -0.3 is 15.0 Å². The Morgan fingerprint density at radius 1 is 1.32 bits per heavy atom. The molecule has 128 valence electrons. The molecule has 6 nitrogen and oxygen atoms in total. The van der Waals surface area contributed by atoms with Crippen LogP contribution in [0.3, 0.4) is 0 Å². The molecule has 2 N–H and O–H groups in total. The van der Waals surface area contributed by atoms with Crippen LogP contribution < -0.4 is 10.1 Å². The number of fused-ring (bicyclic) bond motifs is 1. The van der Waals surface area contributed by atoms with Crippen molar-refractivity contribution in [3.63, 3.8) is 0 Å². The van der Waals surface area contributed by atoms with Crippen molar-refractivity contribution in [1.29, 1.82) is 0 Å². The molecular formula is C17H14F2N4O2. The first-order chi connectivity index (χ1) is 12.0. The lowest BCUT2D eigenvalue weighted by atomic mass is 10.2. The number of nitrogens with zero attached hydrogens (tertiary/aromatic N) is 2. The Bertz CT molecular complexity index is 972. The Balaban J connectivity index is 1.66. The lowest BCUT2D eigenvalue weighted by molar-refractivity contribution is -0.117. The number of methoxy groups -OCH3 is 1. The topological polar surface area (TPSA) is 79.9 Å². The molecule has 0 aromatic carbocycles. The summed E-state index contributed by atoms with van der Waals surface area (Å²) in [7, 11) is 1.46. The summed E-state index contributed by atoms with van der Waals surface area (Å²) in [6.07, 6.45) is 1.85. The lowest BCUT2D eigenvalue weighted by Gasteiger charge is -2.05. The van der Waals surface area contributed by atoms with E-state index in [1.165, 1.54) is 13.2 Å². The second-order valence-corrected chi connectivity index (χ2v) is 5.90. The van der Waals surface area contributed by atoms with Gasteiger partial charge in [-0.05, 0) is 18.6 Å². The fraction of sp³-hybridized carbons (Fsp3) is 0.235. The van der Waals surface area contributed by atoms with Crippen molar-refractivity contribution in [3.05, 3.63) is 36.4 Å². The van der Waals surface area contributed by atoms with E-state index < -0.39 is 17.9 Å². The number of amides is 1. The van der Waals surface area contributed by atoms with E-state index in [1.54, 1.807) is 18.3 Å². The van der Waals surface area contributed by atoms with Crippen LogP contribution in [0.5, 0.6) is 5.88 Å². The number of alkyl halides is 1. The first-order valence-electron chi connectivity index (χ1n) is 7.69. The summed E-state index contributed by atoms with van der Waals surface area (Å²) in [5, 5.41) is 3.37. The number of carbonyl (C=O) groups excluding carboxylic acids is 1. The first kappa shape index (κ1) is 15.5. The zero-order valence-corrected chi connectivity index (χ0v) is 13.2. The molecule has 1 amide bonds. The fourth-order valence-corrected chi connectivity index (χ4v) is 2.68. The average Bonchev–Trinajstić information content (AvgIpc) is 3.18. The molecule has 1 aliphatic carbocycles. The van der Waals surface area contributed by atoms with Crippen LogP contribution in [0.2, 0.25) is 0 Å². The maximum Gasteiger partial charge on any atom is 0.231 e. The van der Waals surface area contributed by atoms with Crippen LogP contribution in [-0.4, -0.2) is 34.1 Å². The van der Waals surface area contributed by atoms with Crippen molar-refractivity contribution < 1.29 is 18.3 Å². The predicted molar refractivity (Wildman–Crippen MR) is 87.5 cm³/mol. The predicted octanol–water partition coefficient (Wildman–Crippen LogP) is 3.07. The third kappa shape index (κ3) is 2.90. The number of halogens is 2. The summed E-state index contributed by atoms with van der Waals surface area (Å²) in [6.45, 7) is 0. The van der Waals surface area contributed by atoms with Gasteiger partial charge in [-0.2, -0.15) is 0 Å². The van der Waals surface area contributed by atoms with Gasteiger partial charge in [0.05, 0.1) is 36.0 Å². The zero-order valence-electron chi connectivity index (χ0n) is 13.2. The summed E-state index contributed by atoms with van der Waals surface area (Å²) < 4.78 is 31.6. The molecule has 1 fully saturated rings. The van der Waals surface area contributed by atoms with E-state index in [9.17, 15) is 13.6 Å². The molecule has 3 aromatic rings. The summed E-state index contributed by atoms with van der Waals surface area (Å²) in [6, 6.07) is 4.75. The molecule has 0 bridgehead atoms. The number of hydrogen-bond acceptors (Lipinski definition) is 4. The van der Waals surface area contributed by atoms with Gasteiger partial charge >= 0.3 is 0 Å². The van der Waals surface area contributed by atoms with Crippen molar-refractivity contribution >= 4 is 22.6 Å². The van der Waals surface area contributed by atoms with Gasteiger partial charge in [0.2, 0.25) is 11.8 Å². The molecule has 2 atom stereocenters. The first-order valence-corrected chi connectivity index (χ1v) is 7.69. The minimum Gasteiger partial charge on any atom is -0.481 e. The number of anilines is 1. The van der Waals surface area contributed by atoms with Crippen molar-refractivity contribution in [2.45, 2.75) is 12.6 Å².